The first kappa shape index (κ1) is 13.6. The van der Waals surface area contributed by atoms with Gasteiger partial charge in [0.25, 0.3) is 0 Å². The summed E-state index contributed by atoms with van der Waals surface area (Å²) >= 11 is 0. The molecule has 1 aliphatic carbocycles. The van der Waals surface area contributed by atoms with Crippen molar-refractivity contribution in [3.05, 3.63) is 36.2 Å². The van der Waals surface area contributed by atoms with Crippen molar-refractivity contribution < 1.29 is 0 Å². The molecule has 108 valence electrons. The predicted molar refractivity (Wildman–Crippen MR) is 82.7 cm³/mol. The van der Waals surface area contributed by atoms with E-state index in [1.54, 1.807) is 0 Å². The highest BCUT2D eigenvalue weighted by molar-refractivity contribution is 5.55. The average Bonchev–Trinajstić information content (AvgIpc) is 2.83. The van der Waals surface area contributed by atoms with Gasteiger partial charge in [-0.3, -0.25) is 0 Å². The quantitative estimate of drug-likeness (QED) is 0.923. The van der Waals surface area contributed by atoms with Crippen LogP contribution in [0.3, 0.4) is 0 Å². The molecular formula is C17H25N3. The number of rotatable bonds is 3. The minimum atomic E-state index is 0.417. The second-order valence-corrected chi connectivity index (χ2v) is 6.57. The van der Waals surface area contributed by atoms with Crippen LogP contribution in [0.2, 0.25) is 0 Å². The molecule has 3 atom stereocenters. The van der Waals surface area contributed by atoms with Crippen LogP contribution in [-0.2, 0) is 0 Å². The molecule has 3 unspecified atom stereocenters. The van der Waals surface area contributed by atoms with Gasteiger partial charge in [-0.15, -0.1) is 0 Å². The minimum Gasteiger partial charge on any atom is -0.313 e. The highest BCUT2D eigenvalue weighted by atomic mass is 15.2. The van der Waals surface area contributed by atoms with Crippen LogP contribution in [-0.4, -0.2) is 16.7 Å². The van der Waals surface area contributed by atoms with E-state index in [1.165, 1.54) is 30.3 Å². The molecule has 0 bridgehead atoms. The summed E-state index contributed by atoms with van der Waals surface area (Å²) in [6.07, 6.45) is 8.08. The van der Waals surface area contributed by atoms with Gasteiger partial charge in [-0.2, -0.15) is 5.10 Å². The Morgan fingerprint density at radius 1 is 1.20 bits per heavy atom. The maximum Gasteiger partial charge on any atom is 0.0709 e. The van der Waals surface area contributed by atoms with Gasteiger partial charge in [0.15, 0.2) is 0 Å². The summed E-state index contributed by atoms with van der Waals surface area (Å²) in [6.45, 7) is 4.79. The molecule has 2 aromatic rings. The van der Waals surface area contributed by atoms with E-state index in [1.807, 2.05) is 23.0 Å². The largest absolute Gasteiger partial charge is 0.313 e. The van der Waals surface area contributed by atoms with Crippen LogP contribution >= 0.6 is 0 Å². The molecule has 1 fully saturated rings. The first-order chi connectivity index (χ1) is 9.69. The van der Waals surface area contributed by atoms with Gasteiger partial charge in [0.1, 0.15) is 0 Å². The Morgan fingerprint density at radius 2 is 1.95 bits per heavy atom. The maximum absolute atomic E-state index is 4.50. The molecule has 3 heteroatoms. The Bertz CT molecular complexity index is 564. The first-order valence-electron chi connectivity index (χ1n) is 7.78. The highest BCUT2D eigenvalue weighted by Gasteiger charge is 2.31. The molecule has 0 aliphatic heterocycles. The van der Waals surface area contributed by atoms with Gasteiger partial charge in [-0.25, -0.2) is 4.52 Å². The van der Waals surface area contributed by atoms with Crippen LogP contribution in [0.1, 0.15) is 44.7 Å². The lowest BCUT2D eigenvalue weighted by atomic mass is 9.72. The normalized spacial score (nSPS) is 28.6. The van der Waals surface area contributed by atoms with Crippen molar-refractivity contribution in [2.75, 3.05) is 7.05 Å². The van der Waals surface area contributed by atoms with Crippen molar-refractivity contribution in [3.8, 4) is 0 Å². The lowest BCUT2D eigenvalue weighted by Gasteiger charge is -2.36. The number of fused-ring (bicyclic) bond motifs is 1. The second-order valence-electron chi connectivity index (χ2n) is 6.57. The summed E-state index contributed by atoms with van der Waals surface area (Å²) in [5.74, 6) is 2.38. The first-order valence-corrected chi connectivity index (χ1v) is 7.78. The molecule has 1 N–H and O–H groups in total. The number of nitrogens with one attached hydrogen (secondary N) is 1. The zero-order valence-electron chi connectivity index (χ0n) is 12.7. The molecule has 0 aromatic carbocycles. The molecular weight excluding hydrogens is 246 g/mol. The van der Waals surface area contributed by atoms with Crippen LogP contribution in [0.5, 0.6) is 0 Å². The Hall–Kier alpha value is -1.35. The van der Waals surface area contributed by atoms with E-state index in [-0.39, 0.29) is 0 Å². The van der Waals surface area contributed by atoms with Crippen molar-refractivity contribution in [1.29, 1.82) is 0 Å². The van der Waals surface area contributed by atoms with Crippen molar-refractivity contribution in [2.45, 2.75) is 39.2 Å². The molecule has 1 aliphatic rings. The molecule has 2 heterocycles. The summed E-state index contributed by atoms with van der Waals surface area (Å²) in [4.78, 5) is 0. The third-order valence-corrected chi connectivity index (χ3v) is 4.79. The van der Waals surface area contributed by atoms with Gasteiger partial charge in [-0.05, 0) is 56.2 Å². The Morgan fingerprint density at radius 3 is 2.65 bits per heavy atom. The third kappa shape index (κ3) is 2.47. The van der Waals surface area contributed by atoms with Gasteiger partial charge in [0.2, 0.25) is 0 Å². The van der Waals surface area contributed by atoms with Gasteiger partial charge in [0.05, 0.1) is 11.7 Å². The fourth-order valence-corrected chi connectivity index (χ4v) is 4.12. The Labute approximate surface area is 121 Å². The van der Waals surface area contributed by atoms with E-state index in [0.717, 1.165) is 11.8 Å². The summed E-state index contributed by atoms with van der Waals surface area (Å²) in [6, 6.07) is 6.71. The number of nitrogens with zero attached hydrogens (tertiary/aromatic N) is 2. The molecule has 0 spiro atoms. The summed E-state index contributed by atoms with van der Waals surface area (Å²) < 4.78 is 1.98. The van der Waals surface area contributed by atoms with E-state index >= 15 is 0 Å². The number of pyridine rings is 1. The zero-order chi connectivity index (χ0) is 14.1. The Kier molecular flexibility index (Phi) is 3.79. The third-order valence-electron chi connectivity index (χ3n) is 4.79. The van der Waals surface area contributed by atoms with E-state index < -0.39 is 0 Å². The van der Waals surface area contributed by atoms with Gasteiger partial charge >= 0.3 is 0 Å². The summed E-state index contributed by atoms with van der Waals surface area (Å²) in [5, 5.41) is 8.05. The topological polar surface area (TPSA) is 29.3 Å². The fourth-order valence-electron chi connectivity index (χ4n) is 4.12. The van der Waals surface area contributed by atoms with E-state index in [2.05, 4.69) is 43.4 Å². The molecule has 1 saturated carbocycles. The molecule has 3 rings (SSSR count). The molecule has 0 amide bonds. The van der Waals surface area contributed by atoms with Crippen molar-refractivity contribution in [1.82, 2.24) is 14.9 Å². The van der Waals surface area contributed by atoms with Crippen molar-refractivity contribution >= 4 is 5.52 Å². The van der Waals surface area contributed by atoms with Crippen LogP contribution in [0.25, 0.3) is 5.52 Å². The van der Waals surface area contributed by atoms with Gasteiger partial charge in [0, 0.05) is 17.8 Å². The number of aromatic nitrogens is 2. The highest BCUT2D eigenvalue weighted by Crippen LogP contribution is 2.40. The SMILES string of the molecule is CNC(c1cnn2ccccc12)C1CC(C)CC(C)C1. The van der Waals surface area contributed by atoms with Crippen LogP contribution in [0, 0.1) is 17.8 Å². The molecule has 0 radical (unpaired) electrons. The van der Waals surface area contributed by atoms with Gasteiger partial charge < -0.3 is 5.32 Å². The molecule has 20 heavy (non-hydrogen) atoms. The molecule has 0 saturated heterocycles. The summed E-state index contributed by atoms with van der Waals surface area (Å²) in [7, 11) is 2.08. The van der Waals surface area contributed by atoms with Crippen LogP contribution in [0.4, 0.5) is 0 Å². The van der Waals surface area contributed by atoms with Crippen molar-refractivity contribution in [2.24, 2.45) is 17.8 Å². The van der Waals surface area contributed by atoms with Gasteiger partial charge in [-0.1, -0.05) is 19.9 Å². The monoisotopic (exact) mass is 271 g/mol. The van der Waals surface area contributed by atoms with Crippen molar-refractivity contribution in [3.63, 3.8) is 0 Å². The second kappa shape index (κ2) is 5.57. The average molecular weight is 271 g/mol. The van der Waals surface area contributed by atoms with E-state index in [4.69, 9.17) is 0 Å². The molecule has 2 aromatic heterocycles. The van der Waals surface area contributed by atoms with Crippen LogP contribution < -0.4 is 5.32 Å². The zero-order valence-corrected chi connectivity index (χ0v) is 12.7. The number of hydrogen-bond donors (Lipinski definition) is 1. The van der Waals surface area contributed by atoms with E-state index in [9.17, 15) is 0 Å². The Balaban J connectivity index is 1.93. The molecule has 3 nitrogen and oxygen atoms in total. The standard InChI is InChI=1S/C17H25N3/c1-12-8-13(2)10-14(9-12)17(18-3)15-11-19-20-7-5-4-6-16(15)20/h4-7,11-14,17-18H,8-10H2,1-3H3. The predicted octanol–water partition coefficient (Wildman–Crippen LogP) is 3.67. The lowest BCUT2D eigenvalue weighted by molar-refractivity contribution is 0.181. The fraction of sp³-hybridized carbons (Fsp3) is 0.588. The number of hydrogen-bond acceptors (Lipinski definition) is 2. The maximum atomic E-state index is 4.50. The van der Waals surface area contributed by atoms with E-state index in [0.29, 0.717) is 12.0 Å². The van der Waals surface area contributed by atoms with Crippen LogP contribution in [0.15, 0.2) is 30.6 Å². The smallest absolute Gasteiger partial charge is 0.0709 e. The minimum absolute atomic E-state index is 0.417. The summed E-state index contributed by atoms with van der Waals surface area (Å²) in [5.41, 5.74) is 2.58. The lowest BCUT2D eigenvalue weighted by Crippen LogP contribution is -2.31.